The number of anilines is 2. The van der Waals surface area contributed by atoms with Crippen LogP contribution in [0, 0.1) is 0 Å². The Morgan fingerprint density at radius 2 is 0.971 bits per heavy atom. The Bertz CT molecular complexity index is 1370. The number of thiocarbonyl (C=S) groups is 1. The summed E-state index contributed by atoms with van der Waals surface area (Å²) in [6.45, 7) is 0. The Morgan fingerprint density at radius 1 is 0.571 bits per heavy atom. The zero-order chi connectivity index (χ0) is 24.4. The number of carbonyl (C=O) groups excluding carboxylic acids is 2. The molecule has 2 amide bonds. The molecule has 170 valence electrons. The van der Waals surface area contributed by atoms with Crippen molar-refractivity contribution < 1.29 is 9.59 Å². The van der Waals surface area contributed by atoms with Gasteiger partial charge >= 0.3 is 0 Å². The molecule has 0 saturated carbocycles. The molecule has 1 heterocycles. The van der Waals surface area contributed by atoms with Gasteiger partial charge in [0.2, 0.25) is 0 Å². The second-order valence-corrected chi connectivity index (χ2v) is 8.66. The van der Waals surface area contributed by atoms with E-state index in [0.29, 0.717) is 27.5 Å². The third-order valence-electron chi connectivity index (χ3n) is 5.69. The van der Waals surface area contributed by atoms with Gasteiger partial charge in [-0.15, -0.1) is 0 Å². The normalized spacial score (nSPS) is 13.9. The lowest BCUT2D eigenvalue weighted by Crippen LogP contribution is -2.57. The lowest BCUT2D eigenvalue weighted by atomic mass is 9.90. The summed E-state index contributed by atoms with van der Waals surface area (Å²) in [6, 6.07) is 34.7. The summed E-state index contributed by atoms with van der Waals surface area (Å²) in [5.41, 5.74) is 3.14. The quantitative estimate of drug-likeness (QED) is 0.184. The average molecular weight is 495 g/mol. The Balaban J connectivity index is 1.81. The molecule has 0 aromatic heterocycles. The minimum absolute atomic E-state index is 0.0276. The van der Waals surface area contributed by atoms with Gasteiger partial charge in [0, 0.05) is 10.6 Å². The molecule has 4 aromatic rings. The second kappa shape index (κ2) is 9.66. The second-order valence-electron chi connectivity index (χ2n) is 7.86. The van der Waals surface area contributed by atoms with Crippen LogP contribution in [0.15, 0.2) is 121 Å². The Labute approximate surface area is 213 Å². The van der Waals surface area contributed by atoms with Gasteiger partial charge in [-0.05, 0) is 59.7 Å². The molecule has 0 spiro atoms. The fraction of sp³-hybridized carbons (Fsp3) is 0. The van der Waals surface area contributed by atoms with Crippen LogP contribution in [0.25, 0.3) is 5.57 Å². The van der Waals surface area contributed by atoms with Crippen LogP contribution in [0.3, 0.4) is 0 Å². The van der Waals surface area contributed by atoms with Gasteiger partial charge < -0.3 is 0 Å². The zero-order valence-corrected chi connectivity index (χ0v) is 20.0. The molecule has 1 saturated heterocycles. The van der Waals surface area contributed by atoms with E-state index in [4.69, 9.17) is 23.8 Å². The van der Waals surface area contributed by atoms with Crippen molar-refractivity contribution in [3.8, 4) is 0 Å². The minimum atomic E-state index is -0.479. The fourth-order valence-corrected chi connectivity index (χ4v) is 4.59. The number of para-hydroxylation sites is 2. The maximum atomic E-state index is 14.1. The van der Waals surface area contributed by atoms with E-state index in [9.17, 15) is 9.59 Å². The number of hydrogen-bond donors (Lipinski definition) is 0. The van der Waals surface area contributed by atoms with E-state index in [1.54, 1.807) is 36.4 Å². The average Bonchev–Trinajstić information content (AvgIpc) is 2.89. The molecule has 0 atom stereocenters. The summed E-state index contributed by atoms with van der Waals surface area (Å²) in [7, 11) is 0. The number of amides is 2. The van der Waals surface area contributed by atoms with Crippen LogP contribution in [0.5, 0.6) is 0 Å². The molecule has 0 N–H and O–H groups in total. The number of rotatable bonds is 4. The molecule has 6 heteroatoms. The highest BCUT2D eigenvalue weighted by Crippen LogP contribution is 2.35. The molecule has 0 aliphatic carbocycles. The number of halogens is 1. The molecule has 0 bridgehead atoms. The minimum Gasteiger partial charge on any atom is -0.268 e. The summed E-state index contributed by atoms with van der Waals surface area (Å²) in [5.74, 6) is -0.959. The summed E-state index contributed by atoms with van der Waals surface area (Å²) < 4.78 is 0. The summed E-state index contributed by atoms with van der Waals surface area (Å²) in [4.78, 5) is 31.0. The highest BCUT2D eigenvalue weighted by Gasteiger charge is 2.43. The number of carbonyl (C=O) groups is 2. The van der Waals surface area contributed by atoms with Crippen molar-refractivity contribution in [2.45, 2.75) is 0 Å². The van der Waals surface area contributed by atoms with Gasteiger partial charge in [0.15, 0.2) is 5.11 Å². The molecule has 1 fully saturated rings. The third-order valence-corrected chi connectivity index (χ3v) is 6.31. The topological polar surface area (TPSA) is 40.6 Å². The SMILES string of the molecule is O=C1C(=C(c2ccccc2)c2ccc(Cl)cc2)C(=O)N(c2ccccc2)C(=S)N1c1ccccc1. The monoisotopic (exact) mass is 494 g/mol. The first kappa shape index (κ1) is 22.7. The first-order valence-electron chi connectivity index (χ1n) is 10.9. The fourth-order valence-electron chi connectivity index (χ4n) is 4.09. The first-order chi connectivity index (χ1) is 17.1. The van der Waals surface area contributed by atoms with Crippen molar-refractivity contribution in [3.63, 3.8) is 0 Å². The van der Waals surface area contributed by atoms with Crippen molar-refractivity contribution in [1.82, 2.24) is 0 Å². The lowest BCUT2D eigenvalue weighted by molar-refractivity contribution is -0.120. The Kier molecular flexibility index (Phi) is 6.27. The maximum Gasteiger partial charge on any atom is 0.270 e. The molecule has 0 unspecified atom stereocenters. The molecule has 1 aliphatic heterocycles. The van der Waals surface area contributed by atoms with Crippen molar-refractivity contribution in [1.29, 1.82) is 0 Å². The lowest BCUT2D eigenvalue weighted by Gasteiger charge is -2.37. The molecular weight excluding hydrogens is 476 g/mol. The van der Waals surface area contributed by atoms with Gasteiger partial charge in [-0.3, -0.25) is 19.4 Å². The standard InChI is InChI=1S/C29H19ClN2O2S/c30-22-18-16-21(17-19-22)25(20-10-4-1-5-11-20)26-27(33)31(23-12-6-2-7-13-23)29(35)32(28(26)34)24-14-8-3-9-15-24/h1-19H. The van der Waals surface area contributed by atoms with Gasteiger partial charge in [0.05, 0.1) is 11.4 Å². The number of nitrogens with zero attached hydrogens (tertiary/aromatic N) is 2. The van der Waals surface area contributed by atoms with Crippen molar-refractivity contribution in [2.75, 3.05) is 9.80 Å². The zero-order valence-electron chi connectivity index (χ0n) is 18.5. The van der Waals surface area contributed by atoms with E-state index in [0.717, 1.165) is 5.56 Å². The van der Waals surface area contributed by atoms with E-state index in [-0.39, 0.29) is 10.7 Å². The molecule has 5 rings (SSSR count). The molecule has 0 radical (unpaired) electrons. The van der Waals surface area contributed by atoms with E-state index in [2.05, 4.69) is 0 Å². The number of hydrogen-bond acceptors (Lipinski definition) is 3. The maximum absolute atomic E-state index is 14.1. The van der Waals surface area contributed by atoms with Crippen LogP contribution in [0.2, 0.25) is 5.02 Å². The highest BCUT2D eigenvalue weighted by molar-refractivity contribution is 7.81. The van der Waals surface area contributed by atoms with Crippen LogP contribution >= 0.6 is 23.8 Å². The largest absolute Gasteiger partial charge is 0.270 e. The smallest absolute Gasteiger partial charge is 0.268 e. The molecule has 1 aliphatic rings. The van der Waals surface area contributed by atoms with Crippen LogP contribution < -0.4 is 9.80 Å². The van der Waals surface area contributed by atoms with Gasteiger partial charge in [0.25, 0.3) is 11.8 Å². The van der Waals surface area contributed by atoms with Crippen LogP contribution in [0.1, 0.15) is 11.1 Å². The van der Waals surface area contributed by atoms with E-state index < -0.39 is 11.8 Å². The Hall–Kier alpha value is -4.06. The first-order valence-corrected chi connectivity index (χ1v) is 11.7. The van der Waals surface area contributed by atoms with Crippen LogP contribution in [-0.4, -0.2) is 16.9 Å². The highest BCUT2D eigenvalue weighted by atomic mass is 35.5. The van der Waals surface area contributed by atoms with Gasteiger partial charge in [-0.1, -0.05) is 90.5 Å². The molecule has 4 nitrogen and oxygen atoms in total. The Morgan fingerprint density at radius 3 is 1.43 bits per heavy atom. The van der Waals surface area contributed by atoms with Gasteiger partial charge in [0.1, 0.15) is 5.57 Å². The van der Waals surface area contributed by atoms with E-state index in [1.165, 1.54) is 9.80 Å². The van der Waals surface area contributed by atoms with Crippen molar-refractivity contribution in [2.24, 2.45) is 0 Å². The van der Waals surface area contributed by atoms with E-state index >= 15 is 0 Å². The number of benzene rings is 4. The van der Waals surface area contributed by atoms with E-state index in [1.807, 2.05) is 78.9 Å². The summed E-state index contributed by atoms with van der Waals surface area (Å²) >= 11 is 11.9. The van der Waals surface area contributed by atoms with Gasteiger partial charge in [-0.25, -0.2) is 0 Å². The predicted octanol–water partition coefficient (Wildman–Crippen LogP) is 6.51. The predicted molar refractivity (Wildman–Crippen MR) is 144 cm³/mol. The van der Waals surface area contributed by atoms with Crippen LogP contribution in [0.4, 0.5) is 11.4 Å². The van der Waals surface area contributed by atoms with Crippen molar-refractivity contribution >= 4 is 57.7 Å². The summed E-state index contributed by atoms with van der Waals surface area (Å²) in [5, 5.41) is 0.662. The van der Waals surface area contributed by atoms with Crippen molar-refractivity contribution in [3.05, 3.63) is 137 Å². The van der Waals surface area contributed by atoms with Gasteiger partial charge in [-0.2, -0.15) is 0 Å². The molecular formula is C29H19ClN2O2S. The molecule has 35 heavy (non-hydrogen) atoms. The third kappa shape index (κ3) is 4.28. The molecule has 4 aromatic carbocycles. The summed E-state index contributed by atoms with van der Waals surface area (Å²) in [6.07, 6.45) is 0. The van der Waals surface area contributed by atoms with Crippen LogP contribution in [-0.2, 0) is 9.59 Å².